The van der Waals surface area contributed by atoms with Crippen molar-refractivity contribution in [1.29, 1.82) is 5.41 Å². The number of alkyl halides is 3. The molecule has 0 atom stereocenters. The van der Waals surface area contributed by atoms with Crippen molar-refractivity contribution < 1.29 is 41.4 Å². The van der Waals surface area contributed by atoms with Crippen molar-refractivity contribution in [2.24, 2.45) is 0 Å². The Kier molecular flexibility index (Phi) is 7.30. The molecule has 0 amide bonds. The zero-order valence-corrected chi connectivity index (χ0v) is 22.9. The lowest BCUT2D eigenvalue weighted by Gasteiger charge is -2.19. The third-order valence-electron chi connectivity index (χ3n) is 7.04. The van der Waals surface area contributed by atoms with E-state index >= 15 is 4.39 Å². The quantitative estimate of drug-likeness (QED) is 0.174. The molecule has 4 aromatic rings. The second-order valence-electron chi connectivity index (χ2n) is 10.9. The van der Waals surface area contributed by atoms with Crippen LogP contribution in [0.15, 0.2) is 53.3 Å². The van der Waals surface area contributed by atoms with Crippen molar-refractivity contribution in [1.82, 2.24) is 9.97 Å². The van der Waals surface area contributed by atoms with Gasteiger partial charge in [-0.05, 0) is 44.4 Å². The summed E-state index contributed by atoms with van der Waals surface area (Å²) in [6.45, 7) is 3.24. The van der Waals surface area contributed by atoms with Crippen LogP contribution >= 0.6 is 0 Å². The van der Waals surface area contributed by atoms with Gasteiger partial charge in [0.05, 0.1) is 35.6 Å². The Morgan fingerprint density at radius 1 is 1.12 bits per heavy atom. The Morgan fingerprint density at radius 3 is 2.45 bits per heavy atom. The van der Waals surface area contributed by atoms with Gasteiger partial charge < -0.3 is 19.0 Å². The lowest BCUT2D eigenvalue weighted by molar-refractivity contribution is -0.164. The first-order chi connectivity index (χ1) is 19.7. The summed E-state index contributed by atoms with van der Waals surface area (Å²) in [5.74, 6) is -1.07. The molecule has 0 bridgehead atoms. The van der Waals surface area contributed by atoms with Gasteiger partial charge in [-0.25, -0.2) is 9.37 Å². The summed E-state index contributed by atoms with van der Waals surface area (Å²) in [5.41, 5.74) is -2.10. The SMILES string of the molecule is COc1cc2nc(-c3ccc(CC(=O)C(=N)c4coc(C5(C(F)(F)F)CC5)c4)c(F)c3)cnc2cc1OCC(C)(C)O. The number of nitrogens with zero attached hydrogens (tertiary/aromatic N) is 2. The van der Waals surface area contributed by atoms with Crippen LogP contribution in [0.2, 0.25) is 0 Å². The molecule has 0 saturated heterocycles. The maximum Gasteiger partial charge on any atom is 0.401 e. The number of carbonyl (C=O) groups excluding carboxylic acids is 1. The highest BCUT2D eigenvalue weighted by Gasteiger charge is 2.66. The van der Waals surface area contributed by atoms with E-state index in [4.69, 9.17) is 19.3 Å². The van der Waals surface area contributed by atoms with Crippen LogP contribution in [0.1, 0.15) is 43.6 Å². The second kappa shape index (κ2) is 10.5. The first-order valence-electron chi connectivity index (χ1n) is 13.0. The molecule has 5 rings (SSSR count). The molecule has 0 aliphatic heterocycles. The molecule has 0 radical (unpaired) electrons. The Balaban J connectivity index is 1.32. The molecule has 220 valence electrons. The molecule has 1 aliphatic rings. The van der Waals surface area contributed by atoms with Gasteiger partial charge >= 0.3 is 6.18 Å². The van der Waals surface area contributed by atoms with Gasteiger partial charge in [0.15, 0.2) is 17.3 Å². The van der Waals surface area contributed by atoms with E-state index in [0.717, 1.165) is 12.3 Å². The van der Waals surface area contributed by atoms with E-state index in [1.54, 1.807) is 32.0 Å². The highest BCUT2D eigenvalue weighted by molar-refractivity contribution is 6.45. The molecular formula is C30H27F4N3O5. The molecule has 2 aromatic heterocycles. The third kappa shape index (κ3) is 5.71. The van der Waals surface area contributed by atoms with Crippen LogP contribution in [0.4, 0.5) is 17.6 Å². The number of furan rings is 1. The number of ether oxygens (including phenoxy) is 2. The summed E-state index contributed by atoms with van der Waals surface area (Å²) in [7, 11) is 1.46. The predicted molar refractivity (Wildman–Crippen MR) is 144 cm³/mol. The number of hydrogen-bond acceptors (Lipinski definition) is 8. The number of aromatic nitrogens is 2. The van der Waals surface area contributed by atoms with Crippen LogP contribution in [0.5, 0.6) is 11.5 Å². The summed E-state index contributed by atoms with van der Waals surface area (Å²) in [6.07, 6.45) is -2.78. The number of benzene rings is 2. The standard InChI is InChI=1S/C30H27F4N3O5/c1-28(2,39)15-42-25-11-20-21(12-24(25)40-3)37-22(13-36-20)17-5-4-16(19(31)8-17)9-23(38)27(35)18-10-26(41-14-18)29(6-7-29)30(32,33)34/h4-5,8,10-14,35,39H,6-7,9,15H2,1-3H3. The lowest BCUT2D eigenvalue weighted by Crippen LogP contribution is -2.28. The van der Waals surface area contributed by atoms with Crippen molar-refractivity contribution in [3.8, 4) is 22.8 Å². The second-order valence-corrected chi connectivity index (χ2v) is 10.9. The van der Waals surface area contributed by atoms with Gasteiger partial charge in [-0.1, -0.05) is 12.1 Å². The van der Waals surface area contributed by atoms with E-state index < -0.39 is 40.9 Å². The average molecular weight is 586 g/mol. The normalized spacial score (nSPS) is 14.6. The number of ketones is 1. The summed E-state index contributed by atoms with van der Waals surface area (Å²) < 4.78 is 71.3. The van der Waals surface area contributed by atoms with E-state index in [2.05, 4.69) is 9.97 Å². The minimum atomic E-state index is -4.49. The molecule has 0 spiro atoms. The number of fused-ring (bicyclic) bond motifs is 1. The van der Waals surface area contributed by atoms with Gasteiger partial charge in [-0.2, -0.15) is 13.2 Å². The van der Waals surface area contributed by atoms with Crippen LogP contribution < -0.4 is 9.47 Å². The largest absolute Gasteiger partial charge is 0.493 e. The molecule has 2 heterocycles. The molecule has 0 unspecified atom stereocenters. The van der Waals surface area contributed by atoms with Crippen LogP contribution in [0, 0.1) is 11.2 Å². The highest BCUT2D eigenvalue weighted by atomic mass is 19.4. The molecule has 42 heavy (non-hydrogen) atoms. The Morgan fingerprint density at radius 2 is 1.83 bits per heavy atom. The number of halogens is 4. The third-order valence-corrected chi connectivity index (χ3v) is 7.04. The number of carbonyl (C=O) groups is 1. The fraction of sp³-hybridized carbons (Fsp3) is 0.333. The number of Topliss-reactive ketones (excluding diaryl/α,β-unsaturated/α-hetero) is 1. The lowest BCUT2D eigenvalue weighted by atomic mass is 9.98. The van der Waals surface area contributed by atoms with Crippen molar-refractivity contribution in [3.63, 3.8) is 0 Å². The van der Waals surface area contributed by atoms with Crippen molar-refractivity contribution in [3.05, 3.63) is 71.6 Å². The van der Waals surface area contributed by atoms with Crippen LogP contribution in [-0.4, -0.2) is 52.1 Å². The van der Waals surface area contributed by atoms with Crippen molar-refractivity contribution in [2.75, 3.05) is 13.7 Å². The van der Waals surface area contributed by atoms with Gasteiger partial charge in [0.1, 0.15) is 35.6 Å². The van der Waals surface area contributed by atoms with E-state index in [9.17, 15) is 23.1 Å². The van der Waals surface area contributed by atoms with Crippen LogP contribution in [0.25, 0.3) is 22.3 Å². The topological polar surface area (TPSA) is 119 Å². The minimum Gasteiger partial charge on any atom is -0.493 e. The van der Waals surface area contributed by atoms with E-state index in [1.807, 2.05) is 0 Å². The average Bonchev–Trinajstić information content (AvgIpc) is 3.62. The molecule has 8 nitrogen and oxygen atoms in total. The number of nitrogens with one attached hydrogen (secondary N) is 1. The highest BCUT2D eigenvalue weighted by Crippen LogP contribution is 2.59. The Labute approximate surface area is 237 Å². The Hall–Kier alpha value is -4.32. The number of hydrogen-bond donors (Lipinski definition) is 2. The van der Waals surface area contributed by atoms with Crippen LogP contribution in [0.3, 0.4) is 0 Å². The smallest absolute Gasteiger partial charge is 0.401 e. The molecule has 2 aromatic carbocycles. The molecule has 1 saturated carbocycles. The van der Waals surface area contributed by atoms with E-state index in [0.29, 0.717) is 33.8 Å². The van der Waals surface area contributed by atoms with Gasteiger partial charge in [-0.15, -0.1) is 0 Å². The van der Waals surface area contributed by atoms with Gasteiger partial charge in [0.2, 0.25) is 0 Å². The molecule has 1 aliphatic carbocycles. The van der Waals surface area contributed by atoms with E-state index in [-0.39, 0.29) is 36.3 Å². The maximum atomic E-state index is 15.1. The zero-order chi connectivity index (χ0) is 30.4. The summed E-state index contributed by atoms with van der Waals surface area (Å²) in [4.78, 5) is 21.6. The number of rotatable bonds is 10. The van der Waals surface area contributed by atoms with E-state index in [1.165, 1.54) is 25.4 Å². The number of methoxy groups -OCH3 is 1. The molecule has 1 fully saturated rings. The first kappa shape index (κ1) is 29.2. The monoisotopic (exact) mass is 585 g/mol. The fourth-order valence-corrected chi connectivity index (χ4v) is 4.47. The van der Waals surface area contributed by atoms with Crippen LogP contribution in [-0.2, 0) is 16.6 Å². The van der Waals surface area contributed by atoms with Crippen molar-refractivity contribution in [2.45, 2.75) is 50.3 Å². The van der Waals surface area contributed by atoms with Gasteiger partial charge in [0, 0.05) is 29.7 Å². The maximum absolute atomic E-state index is 15.1. The van der Waals surface area contributed by atoms with Gasteiger partial charge in [-0.3, -0.25) is 15.2 Å². The molecular weight excluding hydrogens is 558 g/mol. The summed E-state index contributed by atoms with van der Waals surface area (Å²) in [6, 6.07) is 8.43. The summed E-state index contributed by atoms with van der Waals surface area (Å²) >= 11 is 0. The zero-order valence-electron chi connectivity index (χ0n) is 22.9. The molecule has 12 heteroatoms. The minimum absolute atomic E-state index is 0.00943. The van der Waals surface area contributed by atoms with Crippen molar-refractivity contribution >= 4 is 22.5 Å². The molecule has 2 N–H and O–H groups in total. The Bertz CT molecular complexity index is 1690. The first-order valence-corrected chi connectivity index (χ1v) is 13.0. The summed E-state index contributed by atoms with van der Waals surface area (Å²) in [5, 5.41) is 18.1. The number of aliphatic hydroxyl groups is 1. The predicted octanol–water partition coefficient (Wildman–Crippen LogP) is 5.96. The van der Waals surface area contributed by atoms with Gasteiger partial charge in [0.25, 0.3) is 0 Å². The fourth-order valence-electron chi connectivity index (χ4n) is 4.47.